The zero-order valence-corrected chi connectivity index (χ0v) is 11.5. The van der Waals surface area contributed by atoms with Gasteiger partial charge in [-0.15, -0.1) is 12.4 Å². The maximum atomic E-state index is 13.6. The number of aliphatic hydroxyl groups is 1. The van der Waals surface area contributed by atoms with Gasteiger partial charge in [0.2, 0.25) is 0 Å². The summed E-state index contributed by atoms with van der Waals surface area (Å²) >= 11 is 0. The van der Waals surface area contributed by atoms with E-state index >= 15 is 0 Å². The quantitative estimate of drug-likeness (QED) is 0.669. The first-order valence-electron chi connectivity index (χ1n) is 4.96. The number of aliphatic hydroxyl groups excluding tert-OH is 1. The molecule has 3 N–H and O–H groups in total. The van der Waals surface area contributed by atoms with Crippen LogP contribution in [0, 0.1) is 0 Å². The van der Waals surface area contributed by atoms with Gasteiger partial charge >= 0.3 is 13.3 Å². The van der Waals surface area contributed by atoms with E-state index in [4.69, 9.17) is 10.8 Å². The lowest BCUT2D eigenvalue weighted by atomic mass is 10.2. The van der Waals surface area contributed by atoms with Crippen LogP contribution in [0.4, 0.5) is 8.78 Å². The van der Waals surface area contributed by atoms with Crippen LogP contribution in [-0.2, 0) is 13.6 Å². The average Bonchev–Trinajstić information content (AvgIpc) is 2.17. The first-order valence-corrected chi connectivity index (χ1v) is 6.50. The van der Waals surface area contributed by atoms with Gasteiger partial charge in [0.25, 0.3) is 0 Å². The van der Waals surface area contributed by atoms with Gasteiger partial charge in [-0.05, 0) is 13.8 Å². The van der Waals surface area contributed by atoms with Crippen molar-refractivity contribution in [3.63, 3.8) is 0 Å². The highest BCUT2D eigenvalue weighted by atomic mass is 35.5. The van der Waals surface area contributed by atoms with Crippen molar-refractivity contribution in [2.24, 2.45) is 5.73 Å². The van der Waals surface area contributed by atoms with Gasteiger partial charge < -0.3 is 19.9 Å². The summed E-state index contributed by atoms with van der Waals surface area (Å²) in [4.78, 5) is 0. The molecule has 0 fully saturated rings. The lowest BCUT2D eigenvalue weighted by Crippen LogP contribution is -2.34. The van der Waals surface area contributed by atoms with Crippen molar-refractivity contribution in [2.45, 2.75) is 32.0 Å². The maximum absolute atomic E-state index is 13.6. The second-order valence-electron chi connectivity index (χ2n) is 3.15. The van der Waals surface area contributed by atoms with Gasteiger partial charge in [-0.1, -0.05) is 0 Å². The summed E-state index contributed by atoms with van der Waals surface area (Å²) in [6.07, 6.45) is -0.944. The minimum absolute atomic E-state index is 0. The Labute approximate surface area is 106 Å². The second-order valence-corrected chi connectivity index (χ2v) is 5.31. The van der Waals surface area contributed by atoms with Crippen LogP contribution in [0.5, 0.6) is 0 Å². The fourth-order valence-electron chi connectivity index (χ4n) is 1.06. The van der Waals surface area contributed by atoms with E-state index in [1.807, 2.05) is 0 Å². The monoisotopic (exact) mass is 297 g/mol. The maximum Gasteiger partial charge on any atom is 0.399 e. The molecule has 0 unspecified atom stereocenters. The lowest BCUT2D eigenvalue weighted by molar-refractivity contribution is 0.0211. The highest BCUT2D eigenvalue weighted by Gasteiger charge is 2.53. The molecule has 0 saturated heterocycles. The van der Waals surface area contributed by atoms with Gasteiger partial charge in [0.15, 0.2) is 0 Å². The predicted octanol–water partition coefficient (Wildman–Crippen LogP) is 1.98. The predicted molar refractivity (Wildman–Crippen MR) is 62.7 cm³/mol. The van der Waals surface area contributed by atoms with Crippen molar-refractivity contribution in [2.75, 3.05) is 19.8 Å². The molecule has 0 aromatic heterocycles. The van der Waals surface area contributed by atoms with Crippen LogP contribution in [0.15, 0.2) is 0 Å². The number of hydrogen-bond donors (Lipinski definition) is 2. The molecule has 9 heteroatoms. The van der Waals surface area contributed by atoms with Gasteiger partial charge in [0, 0.05) is 12.5 Å². The van der Waals surface area contributed by atoms with Crippen LogP contribution in [0.2, 0.25) is 0 Å². The fourth-order valence-corrected chi connectivity index (χ4v) is 2.65. The minimum atomic E-state index is -4.51. The Morgan fingerprint density at radius 1 is 1.35 bits per heavy atom. The summed E-state index contributed by atoms with van der Waals surface area (Å²) in [7, 11) is -4.51. The fraction of sp³-hybridized carbons (Fsp3) is 1.00. The summed E-state index contributed by atoms with van der Waals surface area (Å²) in [5.41, 5.74) is 1.49. The summed E-state index contributed by atoms with van der Waals surface area (Å²) in [6.45, 7) is 1.96. The molecule has 1 atom stereocenters. The van der Waals surface area contributed by atoms with E-state index in [-0.39, 0.29) is 25.6 Å². The Kier molecular flexibility index (Phi) is 9.60. The third-order valence-electron chi connectivity index (χ3n) is 1.74. The lowest BCUT2D eigenvalue weighted by Gasteiger charge is -2.27. The summed E-state index contributed by atoms with van der Waals surface area (Å²) in [5.74, 6) is 0. The minimum Gasteiger partial charge on any atom is -0.395 e. The van der Waals surface area contributed by atoms with Crippen LogP contribution in [0.3, 0.4) is 0 Å². The van der Waals surface area contributed by atoms with Crippen molar-refractivity contribution in [3.05, 3.63) is 0 Å². The zero-order chi connectivity index (χ0) is 12.8. The molecule has 0 aliphatic rings. The topological polar surface area (TPSA) is 81.8 Å². The largest absolute Gasteiger partial charge is 0.399 e. The molecule has 0 aliphatic heterocycles. The number of alkyl halides is 2. The van der Waals surface area contributed by atoms with Crippen LogP contribution in [-0.4, -0.2) is 36.6 Å². The van der Waals surface area contributed by atoms with E-state index in [1.165, 1.54) is 13.8 Å². The normalized spacial score (nSPS) is 14.2. The SMILES string of the molecule is CCOP(=O)(OCC)C(F)(F)C[C@H](N)CO.Cl. The molecule has 0 spiro atoms. The molecule has 17 heavy (non-hydrogen) atoms. The van der Waals surface area contributed by atoms with Crippen molar-refractivity contribution >= 4 is 20.0 Å². The summed E-state index contributed by atoms with van der Waals surface area (Å²) < 4.78 is 48.0. The van der Waals surface area contributed by atoms with Crippen molar-refractivity contribution < 1.29 is 27.5 Å². The molecule has 0 amide bonds. The van der Waals surface area contributed by atoms with E-state index < -0.39 is 32.3 Å². The molecule has 0 aromatic rings. The number of nitrogens with two attached hydrogens (primary N) is 1. The highest BCUT2D eigenvalue weighted by molar-refractivity contribution is 7.55. The van der Waals surface area contributed by atoms with E-state index in [0.717, 1.165) is 0 Å². The van der Waals surface area contributed by atoms with Gasteiger partial charge in [0.1, 0.15) is 0 Å². The molecule has 0 rings (SSSR count). The Morgan fingerprint density at radius 2 is 1.76 bits per heavy atom. The molecule has 0 radical (unpaired) electrons. The highest BCUT2D eigenvalue weighted by Crippen LogP contribution is 2.63. The standard InChI is InChI=1S/C8H18F2NO4P.ClH/c1-3-14-16(13,15-4-2)8(9,10)5-7(11)6-12;/h7,12H,3-6,11H2,1-2H3;1H/t7-;/m0./s1. The third kappa shape index (κ3) is 5.59. The number of rotatable bonds is 8. The average molecular weight is 298 g/mol. The first-order chi connectivity index (χ1) is 7.33. The Bertz CT molecular complexity index is 248. The van der Waals surface area contributed by atoms with Gasteiger partial charge in [0.05, 0.1) is 19.8 Å². The Balaban J connectivity index is 0. The molecule has 0 bridgehead atoms. The molecule has 5 nitrogen and oxygen atoms in total. The summed E-state index contributed by atoms with van der Waals surface area (Å²) in [5, 5.41) is 8.59. The third-order valence-corrected chi connectivity index (χ3v) is 3.92. The van der Waals surface area contributed by atoms with E-state index in [2.05, 4.69) is 9.05 Å². The molecular formula is C8H19ClF2NO4P. The van der Waals surface area contributed by atoms with E-state index in [9.17, 15) is 13.3 Å². The molecule has 0 aromatic carbocycles. The Hall–Kier alpha value is 0.220. The van der Waals surface area contributed by atoms with Gasteiger partial charge in [-0.3, -0.25) is 4.57 Å². The number of halogens is 3. The number of hydrogen-bond acceptors (Lipinski definition) is 5. The molecule has 0 heterocycles. The molecule has 0 saturated carbocycles. The van der Waals surface area contributed by atoms with Crippen LogP contribution in [0.1, 0.15) is 20.3 Å². The summed E-state index contributed by atoms with van der Waals surface area (Å²) in [6, 6.07) is -1.16. The Morgan fingerprint density at radius 3 is 2.06 bits per heavy atom. The van der Waals surface area contributed by atoms with Crippen molar-refractivity contribution in [1.29, 1.82) is 0 Å². The van der Waals surface area contributed by atoms with Crippen molar-refractivity contribution in [3.8, 4) is 0 Å². The molecule has 106 valence electrons. The van der Waals surface area contributed by atoms with Gasteiger partial charge in [-0.25, -0.2) is 0 Å². The van der Waals surface area contributed by atoms with Crippen LogP contribution >= 0.6 is 20.0 Å². The van der Waals surface area contributed by atoms with Crippen LogP contribution in [0.25, 0.3) is 0 Å². The molecular weight excluding hydrogens is 279 g/mol. The van der Waals surface area contributed by atoms with E-state index in [0.29, 0.717) is 0 Å². The van der Waals surface area contributed by atoms with E-state index in [1.54, 1.807) is 0 Å². The van der Waals surface area contributed by atoms with Crippen molar-refractivity contribution in [1.82, 2.24) is 0 Å². The van der Waals surface area contributed by atoms with Crippen LogP contribution < -0.4 is 5.73 Å². The molecule has 0 aliphatic carbocycles. The first kappa shape index (κ1) is 19.6. The second kappa shape index (κ2) is 8.34. The zero-order valence-electron chi connectivity index (χ0n) is 9.77. The van der Waals surface area contributed by atoms with Gasteiger partial charge in [-0.2, -0.15) is 8.78 Å². The smallest absolute Gasteiger partial charge is 0.395 e.